The maximum Gasteiger partial charge on any atom is 0.345 e. The molecule has 14 heterocycles. The lowest BCUT2D eigenvalue weighted by molar-refractivity contribution is 0.0622. The topological polar surface area (TPSA) is 337 Å². The number of rotatable bonds is 22. The monoisotopic (exact) mass is 2010 g/mol. The van der Waals surface area contributed by atoms with Gasteiger partial charge in [-0.3, -0.25) is 62.1 Å². The molecule has 0 bridgehead atoms. The second-order valence-corrected chi connectivity index (χ2v) is 40.6. The molecule has 0 radical (unpaired) electrons. The average Bonchev–Trinajstić information content (AvgIpc) is 1.61. The molecule has 0 spiro atoms. The highest BCUT2D eigenvalue weighted by Gasteiger charge is 2.39. The zero-order valence-corrected chi connectivity index (χ0v) is 80.5. The molecule has 4 atom stereocenters. The molecule has 6 amide bonds. The van der Waals surface area contributed by atoms with Gasteiger partial charge < -0.3 is 32.9 Å². The maximum absolute atomic E-state index is 13.5. The lowest BCUT2D eigenvalue weighted by atomic mass is 9.94. The summed E-state index contributed by atoms with van der Waals surface area (Å²) in [5.74, 6) is -2.26. The quantitative estimate of drug-likeness (QED) is 0.0271. The minimum atomic E-state index is -0.884. The summed E-state index contributed by atoms with van der Waals surface area (Å²) in [7, 11) is 0. The van der Waals surface area contributed by atoms with E-state index in [9.17, 15) is 38.4 Å². The third-order valence-corrected chi connectivity index (χ3v) is 30.4. The number of aryl methyl sites for hydroxylation is 8. The first-order chi connectivity index (χ1) is 64.2. The largest absolute Gasteiger partial charge is 0.477 e. The number of fused-ring (bicyclic) bond motifs is 14. The van der Waals surface area contributed by atoms with E-state index in [1.165, 1.54) is 53.6 Å². The van der Waals surface area contributed by atoms with Crippen molar-refractivity contribution in [2.24, 2.45) is 23.1 Å². The average molecular weight is 2020 g/mol. The molecule has 36 heteroatoms. The number of ketones is 1. The Morgan fingerprint density at radius 2 is 0.677 bits per heavy atom. The Morgan fingerprint density at radius 1 is 0.376 bits per heavy atom. The summed E-state index contributed by atoms with van der Waals surface area (Å²) >= 11 is 54.9. The Bertz CT molecular complexity index is 6470. The van der Waals surface area contributed by atoms with Crippen LogP contribution in [0.25, 0.3) is 45.0 Å². The molecule has 0 saturated heterocycles. The van der Waals surface area contributed by atoms with Crippen LogP contribution in [0.3, 0.4) is 0 Å². The van der Waals surface area contributed by atoms with Gasteiger partial charge in [-0.05, 0) is 209 Å². The number of amides is 6. The van der Waals surface area contributed by atoms with Crippen molar-refractivity contribution in [3.8, 4) is 45.0 Å². The Kier molecular flexibility index (Phi) is 31.0. The number of benzene rings is 6. The SMILES string of the molecule is NC[C@@H](CC(=O)c1cc2c(s1)CCCn1ncc(Cl)c1-2)Cc1ccc(Cl)cc1.NC[C@H](Cc1ccc(Cl)cc1)NC(=O)c1cc2c(s1)CCCn1ncc(Cl)c1-2.N[C@@H](Cc1ccc(Cl)cc1)CN1C(=O)c2ccccc2C1=O.O=C(N[C@@H](Cc1ccc(Cl)cc1)CN1C(=O)c2ccccc2C1=O)c1cc2c(s1)CCCn1ncc(Cl)c1-2.O=C(O)c1cc2c(s1)CCCn1ncc(Cl)c1-2. The molecular formula is C97H87Cl8N15O9S4. The minimum absolute atomic E-state index is 0.0460. The van der Waals surface area contributed by atoms with Crippen molar-refractivity contribution in [3.63, 3.8) is 0 Å². The standard InChI is InChI=1S/C28H22Cl2N4O3S.C21H21Cl2N3OS.C20H20Cl2N4OS.C17H15ClN2O2.C11H9ClN2O2S/c29-17-9-7-16(8-10-17)12-18(15-33-27(36)19-4-1-2-5-20(19)28(33)37)32-26(35)24-13-21-23(38-24)6-3-11-34-25(21)22(30)14-31-34;22-15-5-3-13(4-6-15)8-14(11-24)9-18(27)20-10-16-19(28-20)2-1-7-26-21(16)17(23)12-25-26;21-13-5-3-12(4-6-13)8-14(10-23)25-20(27)18-9-15-17(28-18)2-1-7-26-19(15)16(22)11-24-26;18-12-7-5-11(6-8-12)9-13(19)10-20-16(21)14-3-1-2-4-15(14)17(20)22;12-7-5-13-14-3-1-2-8-6(10(7)14)4-9(17-8)11(15)16/h1-2,4-5,7-10,13-14,18H,3,6,11-12,15H2,(H,32,35);3-6,10,12,14H,1-2,7-9,11,24H2;3-6,9,11,14H,1-2,7-8,10,23H2,(H,25,27);1-8,13H,9-10,19H2;4-5H,1-3H2,(H,15,16)/t18-;2*14-;13-;/m0100./s1. The van der Waals surface area contributed by atoms with Crippen LogP contribution in [0.4, 0.5) is 0 Å². The number of aromatic carboxylic acids is 1. The molecule has 6 aliphatic heterocycles. The van der Waals surface area contributed by atoms with Gasteiger partial charge in [0.2, 0.25) is 0 Å². The highest BCUT2D eigenvalue weighted by molar-refractivity contribution is 7.15. The Labute approximate surface area is 821 Å². The second-order valence-electron chi connectivity index (χ2n) is 32.7. The predicted molar refractivity (Wildman–Crippen MR) is 528 cm³/mol. The number of hydrogen-bond acceptors (Lipinski definition) is 19. The Morgan fingerprint density at radius 3 is 1.02 bits per heavy atom. The molecular weight excluding hydrogens is 1930 g/mol. The number of carbonyl (C=O) groups excluding carboxylic acids is 7. The van der Waals surface area contributed by atoms with E-state index < -0.39 is 12.0 Å². The van der Waals surface area contributed by atoms with Crippen LogP contribution in [-0.2, 0) is 77.5 Å². The van der Waals surface area contributed by atoms with Gasteiger partial charge in [-0.25, -0.2) is 4.79 Å². The summed E-state index contributed by atoms with van der Waals surface area (Å²) in [5.41, 5.74) is 31.2. The van der Waals surface area contributed by atoms with Crippen LogP contribution in [-0.4, -0.2) is 146 Å². The number of thiophene rings is 4. The van der Waals surface area contributed by atoms with E-state index in [4.69, 9.17) is 115 Å². The van der Waals surface area contributed by atoms with Crippen molar-refractivity contribution in [3.05, 3.63) is 318 Å². The van der Waals surface area contributed by atoms with Gasteiger partial charge in [-0.2, -0.15) is 20.4 Å². The van der Waals surface area contributed by atoms with E-state index in [2.05, 4.69) is 31.0 Å². The summed E-state index contributed by atoms with van der Waals surface area (Å²) < 4.78 is 7.60. The fourth-order valence-corrected chi connectivity index (χ4v) is 22.8. The number of nitrogens with two attached hydrogens (primary N) is 3. The van der Waals surface area contributed by atoms with Gasteiger partial charge >= 0.3 is 5.97 Å². The number of carboxylic acids is 1. The first-order valence-electron chi connectivity index (χ1n) is 43.0. The summed E-state index contributed by atoms with van der Waals surface area (Å²) in [4.78, 5) is 110. The summed E-state index contributed by atoms with van der Waals surface area (Å²) in [5, 5.41) is 37.5. The molecule has 684 valence electrons. The van der Waals surface area contributed by atoms with Gasteiger partial charge in [0.05, 0.1) is 111 Å². The van der Waals surface area contributed by atoms with E-state index in [0.717, 1.165) is 166 Å². The number of nitrogens with zero attached hydrogens (tertiary/aromatic N) is 10. The van der Waals surface area contributed by atoms with Gasteiger partial charge in [0.15, 0.2) is 5.78 Å². The van der Waals surface area contributed by atoms with Crippen LogP contribution >= 0.6 is 138 Å². The van der Waals surface area contributed by atoms with E-state index in [-0.39, 0.29) is 72.3 Å². The molecule has 133 heavy (non-hydrogen) atoms. The lowest BCUT2D eigenvalue weighted by Crippen LogP contribution is -2.46. The molecule has 0 unspecified atom stereocenters. The molecule has 8 aromatic heterocycles. The summed E-state index contributed by atoms with van der Waals surface area (Å²) in [6.07, 6.45) is 16.8. The van der Waals surface area contributed by atoms with E-state index in [0.29, 0.717) is 116 Å². The van der Waals surface area contributed by atoms with Gasteiger partial charge in [-0.15, -0.1) is 45.3 Å². The van der Waals surface area contributed by atoms with Crippen molar-refractivity contribution in [1.82, 2.24) is 59.6 Å². The molecule has 20 rings (SSSR count). The summed E-state index contributed by atoms with van der Waals surface area (Å²) in [6, 6.07) is 50.1. The van der Waals surface area contributed by atoms with Crippen LogP contribution in [0.2, 0.25) is 40.2 Å². The van der Waals surface area contributed by atoms with Crippen LogP contribution in [0.15, 0.2) is 195 Å². The predicted octanol–water partition coefficient (Wildman–Crippen LogP) is 20.3. The number of Topliss-reactive ketones (excluding diaryl/α,β-unsaturated/α-hetero) is 1. The van der Waals surface area contributed by atoms with Crippen LogP contribution < -0.4 is 27.8 Å². The Hall–Kier alpha value is -10.5. The number of carboxylic acid groups (broad SMARTS) is 1. The van der Waals surface area contributed by atoms with Crippen LogP contribution in [0, 0.1) is 5.92 Å². The third-order valence-electron chi connectivity index (χ3n) is 23.4. The number of carbonyl (C=O) groups is 8. The van der Waals surface area contributed by atoms with Crippen molar-refractivity contribution < 1.29 is 43.5 Å². The highest BCUT2D eigenvalue weighted by Crippen LogP contribution is 2.44. The molecule has 0 fully saturated rings. The Balaban J connectivity index is 0.000000124. The van der Waals surface area contributed by atoms with Crippen LogP contribution in [0.5, 0.6) is 0 Å². The number of hydrogen-bond donors (Lipinski definition) is 6. The van der Waals surface area contributed by atoms with Crippen molar-refractivity contribution in [2.45, 2.75) is 128 Å². The first-order valence-corrected chi connectivity index (χ1v) is 49.3. The van der Waals surface area contributed by atoms with E-state index in [1.807, 2.05) is 110 Å². The lowest BCUT2D eigenvalue weighted by Gasteiger charge is -2.24. The minimum Gasteiger partial charge on any atom is -0.477 e. The first kappa shape index (κ1) is 95.7. The molecule has 6 aromatic carbocycles. The van der Waals surface area contributed by atoms with Gasteiger partial charge in [-0.1, -0.05) is 166 Å². The smallest absolute Gasteiger partial charge is 0.345 e. The van der Waals surface area contributed by atoms with Crippen molar-refractivity contribution in [2.75, 3.05) is 26.2 Å². The van der Waals surface area contributed by atoms with Gasteiger partial charge in [0.25, 0.3) is 35.4 Å². The van der Waals surface area contributed by atoms with E-state index >= 15 is 0 Å². The van der Waals surface area contributed by atoms with Crippen molar-refractivity contribution in [1.29, 1.82) is 0 Å². The third kappa shape index (κ3) is 22.2. The normalized spacial score (nSPS) is 14.5. The maximum atomic E-state index is 13.5. The zero-order chi connectivity index (χ0) is 93.4. The van der Waals surface area contributed by atoms with Gasteiger partial charge in [0.1, 0.15) is 4.88 Å². The van der Waals surface area contributed by atoms with Crippen molar-refractivity contribution >= 4 is 185 Å². The highest BCUT2D eigenvalue weighted by atomic mass is 35.5. The van der Waals surface area contributed by atoms with Gasteiger partial charge in [0, 0.05) is 126 Å². The number of imide groups is 2. The molecule has 0 aliphatic carbocycles. The van der Waals surface area contributed by atoms with Crippen LogP contribution in [0.1, 0.15) is 154 Å². The van der Waals surface area contributed by atoms with E-state index in [1.54, 1.807) is 115 Å². The molecule has 6 aliphatic rings. The molecule has 0 saturated carbocycles. The number of nitrogens with one attached hydrogen (secondary N) is 2. The molecule has 24 nitrogen and oxygen atoms in total. The molecule has 14 aromatic rings. The second kappa shape index (κ2) is 43.0. The fraction of sp³-hybridized carbons (Fsp3) is 0.258. The number of aromatic nitrogens is 8. The molecule has 9 N–H and O–H groups in total. The number of halogens is 8. The summed E-state index contributed by atoms with van der Waals surface area (Å²) in [6.45, 7) is 4.36. The fourth-order valence-electron chi connectivity index (χ4n) is 17.0. The zero-order valence-electron chi connectivity index (χ0n) is 71.2.